The molecule has 0 aliphatic rings. The van der Waals surface area contributed by atoms with Crippen LogP contribution in [0.3, 0.4) is 0 Å². The third kappa shape index (κ3) is 6.43. The van der Waals surface area contributed by atoms with Crippen LogP contribution in [0.1, 0.15) is 6.92 Å². The molecule has 0 fully saturated rings. The lowest BCUT2D eigenvalue weighted by Crippen LogP contribution is -2.39. The van der Waals surface area contributed by atoms with Gasteiger partial charge in [0.2, 0.25) is 5.91 Å². The van der Waals surface area contributed by atoms with Gasteiger partial charge in [-0.3, -0.25) is 4.79 Å². The smallest absolute Gasteiger partial charge is 0.238 e. The number of carbonyl (C=O) groups is 1. The highest BCUT2D eigenvalue weighted by Crippen LogP contribution is 1.96. The predicted octanol–water partition coefficient (Wildman–Crippen LogP) is -1.49. The quantitative estimate of drug-likeness (QED) is 0.527. The largest absolute Gasteiger partial charge is 0.378 e. The summed E-state index contributed by atoms with van der Waals surface area (Å²) in [5.74, 6) is -0.506. The Bertz CT molecular complexity index is 289. The fraction of sp³-hybridized carbons (Fsp3) is 0.875. The van der Waals surface area contributed by atoms with Crippen molar-refractivity contribution in [2.24, 2.45) is 5.73 Å². The Balaban J connectivity index is 3.76. The number of hydrogen-bond acceptors (Lipinski definition) is 5. The van der Waals surface area contributed by atoms with Crippen molar-refractivity contribution in [3.05, 3.63) is 0 Å². The van der Waals surface area contributed by atoms with Crippen LogP contribution in [0.4, 0.5) is 0 Å². The van der Waals surface area contributed by atoms with Gasteiger partial charge in [0.1, 0.15) is 5.25 Å². The lowest BCUT2D eigenvalue weighted by Gasteiger charge is -2.10. The molecule has 0 aliphatic carbocycles. The van der Waals surface area contributed by atoms with E-state index in [1.165, 1.54) is 6.92 Å². The van der Waals surface area contributed by atoms with E-state index >= 15 is 0 Å². The first-order chi connectivity index (χ1) is 6.89. The fourth-order valence-electron chi connectivity index (χ4n) is 0.770. The summed E-state index contributed by atoms with van der Waals surface area (Å²) in [6.07, 6.45) is 1.03. The first-order valence-corrected chi connectivity index (χ1v) is 6.59. The zero-order valence-electron chi connectivity index (χ0n) is 9.02. The van der Waals surface area contributed by atoms with Crippen LogP contribution in [0.5, 0.6) is 0 Å². The van der Waals surface area contributed by atoms with Crippen LogP contribution in [0.2, 0.25) is 0 Å². The summed E-state index contributed by atoms with van der Waals surface area (Å²) in [7, 11) is -3.32. The first kappa shape index (κ1) is 14.3. The summed E-state index contributed by atoms with van der Waals surface area (Å²) in [5.41, 5.74) is 5.18. The molecule has 0 rings (SSSR count). The molecule has 3 N–H and O–H groups in total. The minimum atomic E-state index is -3.32. The van der Waals surface area contributed by atoms with E-state index in [0.717, 1.165) is 6.26 Å². The molecule has 1 unspecified atom stereocenters. The van der Waals surface area contributed by atoms with Crippen LogP contribution >= 0.6 is 0 Å². The molecular weight excluding hydrogens is 220 g/mol. The molecule has 15 heavy (non-hydrogen) atoms. The van der Waals surface area contributed by atoms with E-state index in [0.29, 0.717) is 26.3 Å². The molecular formula is C8H18N2O4S. The van der Waals surface area contributed by atoms with Gasteiger partial charge in [-0.2, -0.15) is 0 Å². The zero-order chi connectivity index (χ0) is 11.9. The Kier molecular flexibility index (Phi) is 6.46. The lowest BCUT2D eigenvalue weighted by molar-refractivity contribution is -0.120. The summed E-state index contributed by atoms with van der Waals surface area (Å²) in [6, 6.07) is 0. The van der Waals surface area contributed by atoms with E-state index in [9.17, 15) is 13.2 Å². The van der Waals surface area contributed by atoms with Gasteiger partial charge in [-0.25, -0.2) is 8.42 Å². The Morgan fingerprint density at radius 1 is 1.47 bits per heavy atom. The van der Waals surface area contributed by atoms with Crippen LogP contribution in [-0.4, -0.2) is 52.1 Å². The van der Waals surface area contributed by atoms with Crippen LogP contribution < -0.4 is 11.1 Å². The fourth-order valence-corrected chi connectivity index (χ4v) is 1.24. The normalized spacial score (nSPS) is 13.5. The van der Waals surface area contributed by atoms with E-state index in [1.54, 1.807) is 0 Å². The molecule has 0 radical (unpaired) electrons. The van der Waals surface area contributed by atoms with Gasteiger partial charge in [-0.15, -0.1) is 0 Å². The third-order valence-electron chi connectivity index (χ3n) is 1.82. The Morgan fingerprint density at radius 2 is 2.07 bits per heavy atom. The number of hydrogen-bond donors (Lipinski definition) is 2. The zero-order valence-corrected chi connectivity index (χ0v) is 9.84. The highest BCUT2D eigenvalue weighted by molar-refractivity contribution is 7.92. The van der Waals surface area contributed by atoms with Crippen molar-refractivity contribution in [1.29, 1.82) is 0 Å². The van der Waals surface area contributed by atoms with Crippen LogP contribution in [0.25, 0.3) is 0 Å². The second kappa shape index (κ2) is 6.76. The molecule has 0 aliphatic heterocycles. The van der Waals surface area contributed by atoms with Crippen molar-refractivity contribution >= 4 is 15.7 Å². The molecule has 0 aromatic rings. The highest BCUT2D eigenvalue weighted by Gasteiger charge is 2.22. The topological polar surface area (TPSA) is 98.5 Å². The molecule has 0 aromatic carbocycles. The Labute approximate surface area is 90.1 Å². The summed E-state index contributed by atoms with van der Waals surface area (Å²) in [6.45, 7) is 2.83. The van der Waals surface area contributed by atoms with Gasteiger partial charge >= 0.3 is 0 Å². The third-order valence-corrected chi connectivity index (χ3v) is 3.32. The van der Waals surface area contributed by atoms with Crippen LogP contribution in [0, 0.1) is 0 Å². The van der Waals surface area contributed by atoms with Gasteiger partial charge in [-0.05, 0) is 6.92 Å². The van der Waals surface area contributed by atoms with Crippen LogP contribution in [0.15, 0.2) is 0 Å². The Morgan fingerprint density at radius 3 is 2.53 bits per heavy atom. The summed E-state index contributed by atoms with van der Waals surface area (Å²) >= 11 is 0. The summed E-state index contributed by atoms with van der Waals surface area (Å²) in [5, 5.41) is 1.44. The molecule has 90 valence electrons. The molecule has 7 heteroatoms. The van der Waals surface area contributed by atoms with Crippen molar-refractivity contribution in [1.82, 2.24) is 5.32 Å². The molecule has 0 saturated heterocycles. The minimum Gasteiger partial charge on any atom is -0.378 e. The van der Waals surface area contributed by atoms with E-state index < -0.39 is 21.0 Å². The van der Waals surface area contributed by atoms with E-state index in [4.69, 9.17) is 10.5 Å². The number of carbonyl (C=O) groups excluding carboxylic acids is 1. The molecule has 1 amide bonds. The van der Waals surface area contributed by atoms with Crippen molar-refractivity contribution in [3.8, 4) is 0 Å². The maximum Gasteiger partial charge on any atom is 0.238 e. The standard InChI is InChI=1S/C8H18N2O4S/c1-7(15(2,12)13)8(11)10-4-6-14-5-3-9/h7H,3-6,9H2,1-2H3,(H,10,11). The van der Waals surface area contributed by atoms with Crippen molar-refractivity contribution in [3.63, 3.8) is 0 Å². The summed E-state index contributed by atoms with van der Waals surface area (Å²) < 4.78 is 27.0. The molecule has 0 heterocycles. The number of nitrogens with one attached hydrogen (secondary N) is 1. The number of amides is 1. The van der Waals surface area contributed by atoms with Gasteiger partial charge in [0.25, 0.3) is 0 Å². The molecule has 0 bridgehead atoms. The maximum atomic E-state index is 11.3. The lowest BCUT2D eigenvalue weighted by atomic mass is 10.4. The second-order valence-electron chi connectivity index (χ2n) is 3.16. The monoisotopic (exact) mass is 238 g/mol. The predicted molar refractivity (Wildman–Crippen MR) is 57.2 cm³/mol. The van der Waals surface area contributed by atoms with Gasteiger partial charge in [0.15, 0.2) is 9.84 Å². The minimum absolute atomic E-state index is 0.290. The Hall–Kier alpha value is -0.660. The molecule has 1 atom stereocenters. The maximum absolute atomic E-state index is 11.3. The van der Waals surface area contributed by atoms with Crippen molar-refractivity contribution < 1.29 is 17.9 Å². The van der Waals surface area contributed by atoms with Crippen molar-refractivity contribution in [2.75, 3.05) is 32.6 Å². The van der Waals surface area contributed by atoms with Gasteiger partial charge < -0.3 is 15.8 Å². The van der Waals surface area contributed by atoms with E-state index in [2.05, 4.69) is 5.32 Å². The van der Waals surface area contributed by atoms with Gasteiger partial charge in [0, 0.05) is 19.3 Å². The molecule has 0 saturated carbocycles. The van der Waals surface area contributed by atoms with Gasteiger partial charge in [0.05, 0.1) is 13.2 Å². The van der Waals surface area contributed by atoms with E-state index in [-0.39, 0.29) is 0 Å². The molecule has 0 aromatic heterocycles. The SMILES string of the molecule is CC(C(=O)NCCOCCN)S(C)(=O)=O. The summed E-state index contributed by atoms with van der Waals surface area (Å²) in [4.78, 5) is 11.3. The first-order valence-electron chi connectivity index (χ1n) is 4.64. The second-order valence-corrected chi connectivity index (χ2v) is 5.53. The number of ether oxygens (including phenoxy) is 1. The highest BCUT2D eigenvalue weighted by atomic mass is 32.2. The number of sulfone groups is 1. The van der Waals surface area contributed by atoms with E-state index in [1.807, 2.05) is 0 Å². The van der Waals surface area contributed by atoms with Crippen LogP contribution in [-0.2, 0) is 19.4 Å². The average molecular weight is 238 g/mol. The number of rotatable bonds is 7. The van der Waals surface area contributed by atoms with Crippen molar-refractivity contribution in [2.45, 2.75) is 12.2 Å². The van der Waals surface area contributed by atoms with Gasteiger partial charge in [-0.1, -0.05) is 0 Å². The molecule has 0 spiro atoms. The average Bonchev–Trinajstić information content (AvgIpc) is 2.14. The molecule has 6 nitrogen and oxygen atoms in total. The number of nitrogens with two attached hydrogens (primary N) is 1.